The summed E-state index contributed by atoms with van der Waals surface area (Å²) in [6, 6.07) is 17.8. The van der Waals surface area contributed by atoms with Gasteiger partial charge in [-0.25, -0.2) is 5.01 Å². The lowest BCUT2D eigenvalue weighted by Gasteiger charge is -2.24. The van der Waals surface area contributed by atoms with Gasteiger partial charge in [-0.3, -0.25) is 10.8 Å². The maximum absolute atomic E-state index is 10.3. The molecule has 2 aromatic carbocycles. The van der Waals surface area contributed by atoms with E-state index in [2.05, 4.69) is 17.1 Å². The first kappa shape index (κ1) is 18.7. The monoisotopic (exact) mass is 368 g/mol. The molecule has 26 heavy (non-hydrogen) atoms. The largest absolute Gasteiger partial charge is 0.390 e. The van der Waals surface area contributed by atoms with Crippen molar-refractivity contribution in [2.75, 3.05) is 6.54 Å². The van der Waals surface area contributed by atoms with E-state index in [1.165, 1.54) is 0 Å². The molecule has 3 aromatic rings. The van der Waals surface area contributed by atoms with Crippen molar-refractivity contribution in [2.45, 2.75) is 25.1 Å². The molecule has 6 heteroatoms. The SMILES string of the molecule is N[C@@H](Cc1ccccc1)[C@@H](O)CN(N)Cc1ccc(-c2cncs2)cc1. The van der Waals surface area contributed by atoms with Gasteiger partial charge in [-0.15, -0.1) is 11.3 Å². The van der Waals surface area contributed by atoms with Crippen LogP contribution in [0.25, 0.3) is 10.4 Å². The molecule has 1 heterocycles. The number of benzene rings is 2. The molecule has 1 aromatic heterocycles. The van der Waals surface area contributed by atoms with Crippen LogP contribution in [0.4, 0.5) is 0 Å². The standard InChI is InChI=1S/C20H24N4OS/c21-18(10-15-4-2-1-3-5-15)19(25)13-24(22)12-16-6-8-17(9-7-16)20-11-23-14-26-20/h1-9,11,14,18-19,25H,10,12-13,21-22H2/t18-,19-/m0/s1. The number of hydrogen-bond donors (Lipinski definition) is 3. The minimum Gasteiger partial charge on any atom is -0.390 e. The summed E-state index contributed by atoms with van der Waals surface area (Å²) in [7, 11) is 0. The van der Waals surface area contributed by atoms with E-state index in [1.54, 1.807) is 16.3 Å². The van der Waals surface area contributed by atoms with Gasteiger partial charge in [0.25, 0.3) is 0 Å². The molecule has 0 saturated carbocycles. The molecule has 5 N–H and O–H groups in total. The van der Waals surface area contributed by atoms with Gasteiger partial charge in [-0.1, -0.05) is 54.6 Å². The van der Waals surface area contributed by atoms with Crippen LogP contribution in [0.2, 0.25) is 0 Å². The summed E-state index contributed by atoms with van der Waals surface area (Å²) < 4.78 is 0. The number of aliphatic hydroxyl groups excluding tert-OH is 1. The summed E-state index contributed by atoms with van der Waals surface area (Å²) in [5.41, 5.74) is 11.3. The number of thiazole rings is 1. The van der Waals surface area contributed by atoms with E-state index in [0.717, 1.165) is 21.6 Å². The lowest BCUT2D eigenvalue weighted by Crippen LogP contribution is -2.46. The second-order valence-corrected chi connectivity index (χ2v) is 7.30. The van der Waals surface area contributed by atoms with Crippen LogP contribution < -0.4 is 11.6 Å². The van der Waals surface area contributed by atoms with Crippen molar-refractivity contribution in [2.24, 2.45) is 11.6 Å². The topological polar surface area (TPSA) is 88.4 Å². The van der Waals surface area contributed by atoms with Crippen molar-refractivity contribution in [3.63, 3.8) is 0 Å². The van der Waals surface area contributed by atoms with Crippen molar-refractivity contribution in [3.8, 4) is 10.4 Å². The zero-order valence-corrected chi connectivity index (χ0v) is 15.3. The van der Waals surface area contributed by atoms with Crippen LogP contribution in [0.1, 0.15) is 11.1 Å². The zero-order chi connectivity index (χ0) is 18.4. The average Bonchev–Trinajstić information content (AvgIpc) is 3.17. The fraction of sp³-hybridized carbons (Fsp3) is 0.250. The van der Waals surface area contributed by atoms with Crippen molar-refractivity contribution in [1.29, 1.82) is 0 Å². The molecule has 0 aliphatic rings. The summed E-state index contributed by atoms with van der Waals surface area (Å²) in [4.78, 5) is 5.24. The molecule has 0 fully saturated rings. The van der Waals surface area contributed by atoms with E-state index in [4.69, 9.17) is 11.6 Å². The summed E-state index contributed by atoms with van der Waals surface area (Å²) >= 11 is 1.61. The van der Waals surface area contributed by atoms with E-state index in [-0.39, 0.29) is 6.04 Å². The Hall–Kier alpha value is -2.09. The molecule has 2 atom stereocenters. The predicted octanol–water partition coefficient (Wildman–Crippen LogP) is 2.42. The van der Waals surface area contributed by atoms with Crippen LogP contribution in [0.5, 0.6) is 0 Å². The Kier molecular flexibility index (Phi) is 6.49. The van der Waals surface area contributed by atoms with Gasteiger partial charge in [-0.05, 0) is 23.1 Å². The summed E-state index contributed by atoms with van der Waals surface area (Å²) in [6.07, 6.45) is 1.80. The maximum Gasteiger partial charge on any atom is 0.0835 e. The van der Waals surface area contributed by atoms with E-state index in [1.807, 2.05) is 54.2 Å². The summed E-state index contributed by atoms with van der Waals surface area (Å²) in [6.45, 7) is 0.878. The highest BCUT2D eigenvalue weighted by Gasteiger charge is 2.17. The lowest BCUT2D eigenvalue weighted by atomic mass is 10.0. The number of hydrazine groups is 1. The van der Waals surface area contributed by atoms with E-state index < -0.39 is 6.10 Å². The molecule has 5 nitrogen and oxygen atoms in total. The van der Waals surface area contributed by atoms with Crippen molar-refractivity contribution in [1.82, 2.24) is 9.99 Å². The third kappa shape index (κ3) is 5.20. The first-order chi connectivity index (χ1) is 12.6. The van der Waals surface area contributed by atoms with Gasteiger partial charge >= 0.3 is 0 Å². The third-order valence-corrected chi connectivity index (χ3v) is 5.11. The van der Waals surface area contributed by atoms with Crippen LogP contribution in [0.3, 0.4) is 0 Å². The van der Waals surface area contributed by atoms with Crippen molar-refractivity contribution < 1.29 is 5.11 Å². The average molecular weight is 369 g/mol. The van der Waals surface area contributed by atoms with E-state index >= 15 is 0 Å². The number of hydrogen-bond acceptors (Lipinski definition) is 6. The summed E-state index contributed by atoms with van der Waals surface area (Å²) in [5, 5.41) is 12.0. The van der Waals surface area contributed by atoms with Gasteiger partial charge in [0, 0.05) is 25.3 Å². The molecular formula is C20H24N4OS. The molecule has 0 aliphatic heterocycles. The number of nitrogens with zero attached hydrogens (tertiary/aromatic N) is 2. The normalized spacial score (nSPS) is 13.7. The minimum atomic E-state index is -0.684. The second kappa shape index (κ2) is 9.02. The molecule has 0 amide bonds. The molecule has 0 radical (unpaired) electrons. The lowest BCUT2D eigenvalue weighted by molar-refractivity contribution is 0.0877. The molecule has 0 spiro atoms. The van der Waals surface area contributed by atoms with Crippen LogP contribution in [0.15, 0.2) is 66.3 Å². The molecule has 0 unspecified atom stereocenters. The van der Waals surface area contributed by atoms with Crippen LogP contribution in [0, 0.1) is 0 Å². The van der Waals surface area contributed by atoms with Gasteiger partial charge in [0.2, 0.25) is 0 Å². The van der Waals surface area contributed by atoms with Gasteiger partial charge in [-0.2, -0.15) is 0 Å². The number of nitrogens with two attached hydrogens (primary N) is 2. The number of rotatable bonds is 8. The fourth-order valence-electron chi connectivity index (χ4n) is 2.83. The predicted molar refractivity (Wildman–Crippen MR) is 106 cm³/mol. The highest BCUT2D eigenvalue weighted by molar-refractivity contribution is 7.13. The first-order valence-electron chi connectivity index (χ1n) is 8.57. The van der Waals surface area contributed by atoms with Gasteiger partial charge in [0.1, 0.15) is 0 Å². The van der Waals surface area contributed by atoms with Gasteiger partial charge < -0.3 is 10.8 Å². The molecule has 3 rings (SSSR count). The van der Waals surface area contributed by atoms with Gasteiger partial charge in [0.05, 0.1) is 16.5 Å². The van der Waals surface area contributed by atoms with Crippen molar-refractivity contribution >= 4 is 11.3 Å². The Morgan fingerprint density at radius 3 is 2.42 bits per heavy atom. The second-order valence-electron chi connectivity index (χ2n) is 6.41. The third-order valence-electron chi connectivity index (χ3n) is 4.29. The quantitative estimate of drug-likeness (QED) is 0.420. The Bertz CT molecular complexity index is 777. The molecule has 136 valence electrons. The molecule has 0 saturated heterocycles. The zero-order valence-electron chi connectivity index (χ0n) is 14.5. The smallest absolute Gasteiger partial charge is 0.0835 e. The fourth-order valence-corrected chi connectivity index (χ4v) is 3.46. The summed E-state index contributed by atoms with van der Waals surface area (Å²) in [5.74, 6) is 6.08. The highest BCUT2D eigenvalue weighted by atomic mass is 32.1. The van der Waals surface area contributed by atoms with Crippen LogP contribution >= 0.6 is 11.3 Å². The Balaban J connectivity index is 1.50. The molecule has 0 aliphatic carbocycles. The van der Waals surface area contributed by atoms with E-state index in [9.17, 15) is 5.11 Å². The van der Waals surface area contributed by atoms with E-state index in [0.29, 0.717) is 19.5 Å². The van der Waals surface area contributed by atoms with Crippen LogP contribution in [-0.4, -0.2) is 33.8 Å². The van der Waals surface area contributed by atoms with Crippen LogP contribution in [-0.2, 0) is 13.0 Å². The maximum atomic E-state index is 10.3. The minimum absolute atomic E-state index is 0.324. The Morgan fingerprint density at radius 1 is 1.04 bits per heavy atom. The first-order valence-corrected chi connectivity index (χ1v) is 9.45. The van der Waals surface area contributed by atoms with Crippen molar-refractivity contribution in [3.05, 3.63) is 77.4 Å². The Labute approximate surface area is 157 Å². The molecular weight excluding hydrogens is 344 g/mol. The molecule has 0 bridgehead atoms. The number of aromatic nitrogens is 1. The Morgan fingerprint density at radius 2 is 1.77 bits per heavy atom. The van der Waals surface area contributed by atoms with Gasteiger partial charge in [0.15, 0.2) is 0 Å². The highest BCUT2D eigenvalue weighted by Crippen LogP contribution is 2.23. The number of aliphatic hydroxyl groups is 1.